The molecule has 0 saturated carbocycles. The molecular weight excluding hydrogens is 317 g/mol. The Hall–Kier alpha value is -2.52. The Balaban J connectivity index is 2.17. The Labute approximate surface area is 127 Å². The number of rotatable bonds is 4. The van der Waals surface area contributed by atoms with Gasteiger partial charge in [0.25, 0.3) is 0 Å². The third kappa shape index (κ3) is 2.40. The minimum absolute atomic E-state index is 0.0670. The molecule has 22 heavy (non-hydrogen) atoms. The van der Waals surface area contributed by atoms with Crippen molar-refractivity contribution in [2.24, 2.45) is 5.73 Å². The van der Waals surface area contributed by atoms with Crippen molar-refractivity contribution in [1.29, 1.82) is 0 Å². The van der Waals surface area contributed by atoms with Crippen molar-refractivity contribution in [3.8, 4) is 17.2 Å². The van der Waals surface area contributed by atoms with Gasteiger partial charge in [0.2, 0.25) is 5.82 Å². The van der Waals surface area contributed by atoms with E-state index in [4.69, 9.17) is 17.3 Å². The third-order valence-electron chi connectivity index (χ3n) is 2.92. The van der Waals surface area contributed by atoms with Gasteiger partial charge in [-0.25, -0.2) is 18.4 Å². The molecule has 10 heteroatoms. The summed E-state index contributed by atoms with van der Waals surface area (Å²) in [4.78, 5) is 11.9. The second kappa shape index (κ2) is 5.70. The van der Waals surface area contributed by atoms with Gasteiger partial charge < -0.3 is 5.73 Å². The van der Waals surface area contributed by atoms with E-state index in [9.17, 15) is 9.18 Å². The molecule has 2 aromatic heterocycles. The highest BCUT2D eigenvalue weighted by molar-refractivity contribution is 6.30. The number of nitrogens with zero attached hydrogens (tertiary/aromatic N) is 4. The fourth-order valence-corrected chi connectivity index (χ4v) is 2.10. The molecular formula is C12H9ClFN5O3. The minimum atomic E-state index is -0.778. The number of aromatic nitrogens is 4. The van der Waals surface area contributed by atoms with Crippen LogP contribution in [0.5, 0.6) is 0 Å². The van der Waals surface area contributed by atoms with Gasteiger partial charge in [0.05, 0.1) is 10.7 Å². The van der Waals surface area contributed by atoms with Crippen LogP contribution in [0.25, 0.3) is 17.2 Å². The standard InChI is InChI=1S/C12H9ClFN5O3/c13-7-5-6(1-2-8(7)14)19-11(18-21-12(19)20)10-9(3-4-15)16-22-17-10/h1-2,5H,3-4,15H2. The first kappa shape index (κ1) is 14.4. The molecule has 0 aliphatic heterocycles. The van der Waals surface area contributed by atoms with Crippen LogP contribution in [0.15, 0.2) is 32.1 Å². The van der Waals surface area contributed by atoms with E-state index < -0.39 is 11.6 Å². The summed E-state index contributed by atoms with van der Waals surface area (Å²) in [7, 11) is 0. The highest BCUT2D eigenvalue weighted by Crippen LogP contribution is 2.23. The average molecular weight is 326 g/mol. The molecule has 0 saturated heterocycles. The van der Waals surface area contributed by atoms with Crippen molar-refractivity contribution < 1.29 is 13.5 Å². The number of hydrogen-bond acceptors (Lipinski definition) is 7. The van der Waals surface area contributed by atoms with E-state index in [0.717, 1.165) is 10.6 Å². The topological polar surface area (TPSA) is 113 Å². The Bertz CT molecular complexity index is 872. The molecule has 0 unspecified atom stereocenters. The highest BCUT2D eigenvalue weighted by Gasteiger charge is 2.22. The molecule has 0 fully saturated rings. The summed E-state index contributed by atoms with van der Waals surface area (Å²) in [5.74, 6) is -1.32. The lowest BCUT2D eigenvalue weighted by Crippen LogP contribution is -2.14. The quantitative estimate of drug-likeness (QED) is 0.765. The molecule has 0 spiro atoms. The first-order valence-corrected chi connectivity index (χ1v) is 6.55. The van der Waals surface area contributed by atoms with Crippen molar-refractivity contribution in [2.45, 2.75) is 6.42 Å². The Morgan fingerprint density at radius 1 is 1.32 bits per heavy atom. The Morgan fingerprint density at radius 2 is 2.14 bits per heavy atom. The molecule has 3 rings (SSSR count). The average Bonchev–Trinajstić information content (AvgIpc) is 3.09. The predicted octanol–water partition coefficient (Wildman–Crippen LogP) is 1.17. The van der Waals surface area contributed by atoms with E-state index >= 15 is 0 Å². The number of benzene rings is 1. The summed E-state index contributed by atoms with van der Waals surface area (Å²) in [6.45, 7) is 0.311. The second-order valence-corrected chi connectivity index (χ2v) is 4.71. The fourth-order valence-electron chi connectivity index (χ4n) is 1.93. The second-order valence-electron chi connectivity index (χ2n) is 4.30. The zero-order chi connectivity index (χ0) is 15.7. The van der Waals surface area contributed by atoms with Gasteiger partial charge in [0, 0.05) is 6.42 Å². The summed E-state index contributed by atoms with van der Waals surface area (Å²) in [6.07, 6.45) is 0.379. The van der Waals surface area contributed by atoms with E-state index in [2.05, 4.69) is 24.6 Å². The van der Waals surface area contributed by atoms with Gasteiger partial charge in [0.15, 0.2) is 5.69 Å². The molecule has 0 aliphatic carbocycles. The van der Waals surface area contributed by atoms with Crippen molar-refractivity contribution in [2.75, 3.05) is 6.54 Å². The van der Waals surface area contributed by atoms with Crippen molar-refractivity contribution >= 4 is 11.6 Å². The third-order valence-corrected chi connectivity index (χ3v) is 3.21. The van der Waals surface area contributed by atoms with Crippen LogP contribution in [-0.2, 0) is 6.42 Å². The summed E-state index contributed by atoms with van der Waals surface area (Å²) >= 11 is 5.74. The van der Waals surface area contributed by atoms with Crippen molar-refractivity contribution in [1.82, 2.24) is 20.0 Å². The largest absolute Gasteiger partial charge is 0.446 e. The molecule has 2 heterocycles. The Morgan fingerprint density at radius 3 is 2.86 bits per heavy atom. The van der Waals surface area contributed by atoms with Gasteiger partial charge in [-0.15, -0.1) is 0 Å². The van der Waals surface area contributed by atoms with Crippen LogP contribution in [0.1, 0.15) is 5.69 Å². The van der Waals surface area contributed by atoms with Crippen LogP contribution >= 0.6 is 11.6 Å². The maximum absolute atomic E-state index is 13.3. The molecule has 2 N–H and O–H groups in total. The van der Waals surface area contributed by atoms with Gasteiger partial charge in [-0.3, -0.25) is 4.52 Å². The first-order valence-electron chi connectivity index (χ1n) is 6.18. The molecule has 114 valence electrons. The van der Waals surface area contributed by atoms with E-state index in [1.807, 2.05) is 0 Å². The fraction of sp³-hybridized carbons (Fsp3) is 0.167. The van der Waals surface area contributed by atoms with E-state index in [-0.39, 0.29) is 22.2 Å². The van der Waals surface area contributed by atoms with E-state index in [0.29, 0.717) is 18.7 Å². The maximum Gasteiger partial charge on any atom is 0.446 e. The molecule has 8 nitrogen and oxygen atoms in total. The molecule has 0 amide bonds. The van der Waals surface area contributed by atoms with Gasteiger partial charge in [0.1, 0.15) is 11.5 Å². The lowest BCUT2D eigenvalue weighted by atomic mass is 10.2. The number of hydrogen-bond donors (Lipinski definition) is 1. The maximum atomic E-state index is 13.3. The lowest BCUT2D eigenvalue weighted by Gasteiger charge is -2.04. The zero-order valence-electron chi connectivity index (χ0n) is 11.0. The lowest BCUT2D eigenvalue weighted by molar-refractivity contribution is 0.304. The minimum Gasteiger partial charge on any atom is -0.330 e. The highest BCUT2D eigenvalue weighted by atomic mass is 35.5. The smallest absolute Gasteiger partial charge is 0.330 e. The molecule has 1 aromatic carbocycles. The van der Waals surface area contributed by atoms with Crippen LogP contribution in [0, 0.1) is 5.82 Å². The van der Waals surface area contributed by atoms with E-state index in [1.165, 1.54) is 12.1 Å². The molecule has 3 aromatic rings. The predicted molar refractivity (Wildman–Crippen MR) is 73.1 cm³/mol. The van der Waals surface area contributed by atoms with Gasteiger partial charge >= 0.3 is 5.76 Å². The molecule has 0 radical (unpaired) electrons. The van der Waals surface area contributed by atoms with E-state index in [1.54, 1.807) is 0 Å². The van der Waals surface area contributed by atoms with Gasteiger partial charge in [-0.05, 0) is 29.9 Å². The monoisotopic (exact) mass is 325 g/mol. The first-order chi connectivity index (χ1) is 10.6. The molecule has 0 atom stereocenters. The normalized spacial score (nSPS) is 11.0. The van der Waals surface area contributed by atoms with Crippen LogP contribution < -0.4 is 11.5 Å². The number of nitrogens with two attached hydrogens (primary N) is 1. The van der Waals surface area contributed by atoms with Gasteiger partial charge in [-0.1, -0.05) is 21.9 Å². The van der Waals surface area contributed by atoms with Crippen LogP contribution in [0.3, 0.4) is 0 Å². The van der Waals surface area contributed by atoms with Crippen molar-refractivity contribution in [3.05, 3.63) is 45.3 Å². The Kier molecular flexibility index (Phi) is 3.73. The molecule has 0 aliphatic rings. The van der Waals surface area contributed by atoms with Crippen molar-refractivity contribution in [3.63, 3.8) is 0 Å². The summed E-state index contributed by atoms with van der Waals surface area (Å²) in [6, 6.07) is 3.76. The summed E-state index contributed by atoms with van der Waals surface area (Å²) in [5.41, 5.74) is 6.40. The SMILES string of the molecule is NCCc1nonc1-c1noc(=O)n1-c1ccc(F)c(Cl)c1. The summed E-state index contributed by atoms with van der Waals surface area (Å²) in [5, 5.41) is 10.9. The number of halogens is 2. The van der Waals surface area contributed by atoms with Crippen LogP contribution in [0.2, 0.25) is 5.02 Å². The van der Waals surface area contributed by atoms with Gasteiger partial charge in [-0.2, -0.15) is 0 Å². The zero-order valence-corrected chi connectivity index (χ0v) is 11.7. The summed E-state index contributed by atoms with van der Waals surface area (Å²) < 4.78 is 23.7. The van der Waals surface area contributed by atoms with Crippen LogP contribution in [0.4, 0.5) is 4.39 Å². The van der Waals surface area contributed by atoms with Crippen LogP contribution in [-0.4, -0.2) is 26.6 Å². The molecule has 0 bridgehead atoms.